The molecule has 16 heavy (non-hydrogen) atoms. The predicted molar refractivity (Wildman–Crippen MR) is 60.9 cm³/mol. The van der Waals surface area contributed by atoms with Gasteiger partial charge in [-0.1, -0.05) is 12.1 Å². The number of nitrogens with zero attached hydrogens (tertiary/aromatic N) is 1. The molecule has 0 aliphatic carbocycles. The van der Waals surface area contributed by atoms with Gasteiger partial charge in [-0.25, -0.2) is 4.39 Å². The van der Waals surface area contributed by atoms with Crippen LogP contribution >= 0.6 is 11.6 Å². The molecular formula is C12H13ClFNO. The van der Waals surface area contributed by atoms with Gasteiger partial charge in [-0.15, -0.1) is 0 Å². The van der Waals surface area contributed by atoms with E-state index in [1.165, 1.54) is 12.1 Å². The highest BCUT2D eigenvalue weighted by Gasteiger charge is 2.26. The molecule has 1 fully saturated rings. The van der Waals surface area contributed by atoms with Gasteiger partial charge in [-0.3, -0.25) is 4.79 Å². The molecule has 1 aromatic rings. The molecule has 1 heterocycles. The minimum Gasteiger partial charge on any atom is -0.322 e. The largest absolute Gasteiger partial charge is 0.322 e. The highest BCUT2D eigenvalue weighted by Crippen LogP contribution is 2.31. The van der Waals surface area contributed by atoms with Crippen LogP contribution in [-0.2, 0) is 0 Å². The summed E-state index contributed by atoms with van der Waals surface area (Å²) in [4.78, 5) is 12.9. The van der Waals surface area contributed by atoms with Crippen molar-refractivity contribution >= 4 is 17.0 Å². The zero-order valence-electron chi connectivity index (χ0n) is 8.83. The average Bonchev–Trinajstić information content (AvgIpc) is 2.30. The summed E-state index contributed by atoms with van der Waals surface area (Å²) >= 11 is 5.55. The molecule has 0 bridgehead atoms. The number of piperidine rings is 1. The van der Waals surface area contributed by atoms with Gasteiger partial charge >= 0.3 is 5.37 Å². The van der Waals surface area contributed by atoms with Crippen LogP contribution in [0.1, 0.15) is 30.9 Å². The smallest absolute Gasteiger partial charge is 0.316 e. The first-order valence-corrected chi connectivity index (χ1v) is 5.78. The van der Waals surface area contributed by atoms with E-state index in [9.17, 15) is 9.18 Å². The zero-order valence-corrected chi connectivity index (χ0v) is 9.58. The molecule has 0 aromatic heterocycles. The van der Waals surface area contributed by atoms with E-state index in [1.807, 2.05) is 0 Å². The molecule has 0 spiro atoms. The van der Waals surface area contributed by atoms with E-state index in [0.717, 1.165) is 24.8 Å². The van der Waals surface area contributed by atoms with Crippen LogP contribution in [-0.4, -0.2) is 16.8 Å². The fraction of sp³-hybridized carbons (Fsp3) is 0.417. The number of carbonyl (C=O) groups excluding carboxylic acids is 1. The molecule has 1 unspecified atom stereocenters. The Labute approximate surface area is 99.0 Å². The lowest BCUT2D eigenvalue weighted by atomic mass is 9.96. The summed E-state index contributed by atoms with van der Waals surface area (Å²) in [5, 5.41) is -0.422. The van der Waals surface area contributed by atoms with Gasteiger partial charge in [0.1, 0.15) is 5.82 Å². The number of carbonyl (C=O) groups is 1. The number of hydrogen-bond donors (Lipinski definition) is 0. The first-order chi connectivity index (χ1) is 7.68. The Balaban J connectivity index is 2.23. The van der Waals surface area contributed by atoms with Crippen molar-refractivity contribution in [2.24, 2.45) is 0 Å². The van der Waals surface area contributed by atoms with Crippen molar-refractivity contribution in [3.05, 3.63) is 35.6 Å². The lowest BCUT2D eigenvalue weighted by molar-refractivity contribution is 0.173. The molecule has 86 valence electrons. The summed E-state index contributed by atoms with van der Waals surface area (Å²) in [5.41, 5.74) is 0.954. The monoisotopic (exact) mass is 241 g/mol. The number of benzene rings is 1. The second-order valence-corrected chi connectivity index (χ2v) is 4.33. The van der Waals surface area contributed by atoms with Crippen molar-refractivity contribution in [3.63, 3.8) is 0 Å². The third-order valence-corrected chi connectivity index (χ3v) is 3.20. The van der Waals surface area contributed by atoms with Crippen LogP contribution in [0.25, 0.3) is 0 Å². The minimum absolute atomic E-state index is 0.000602. The molecule has 2 rings (SSSR count). The predicted octanol–water partition coefficient (Wildman–Crippen LogP) is 3.71. The summed E-state index contributed by atoms with van der Waals surface area (Å²) in [5.74, 6) is -0.261. The van der Waals surface area contributed by atoms with E-state index in [4.69, 9.17) is 11.6 Å². The van der Waals surface area contributed by atoms with Crippen molar-refractivity contribution in [3.8, 4) is 0 Å². The van der Waals surface area contributed by atoms with Crippen LogP contribution in [0.2, 0.25) is 0 Å². The molecule has 1 aliphatic heterocycles. The first kappa shape index (κ1) is 11.4. The molecule has 0 N–H and O–H groups in total. The Morgan fingerprint density at radius 1 is 1.31 bits per heavy atom. The van der Waals surface area contributed by atoms with Gasteiger partial charge in [0.15, 0.2) is 0 Å². The molecule has 1 aromatic carbocycles. The Hall–Kier alpha value is -1.09. The molecule has 0 saturated carbocycles. The van der Waals surface area contributed by atoms with Gasteiger partial charge in [0.25, 0.3) is 0 Å². The molecule has 2 nitrogen and oxygen atoms in total. The maximum Gasteiger partial charge on any atom is 0.316 e. The summed E-state index contributed by atoms with van der Waals surface area (Å²) in [7, 11) is 0. The maximum absolute atomic E-state index is 12.8. The first-order valence-electron chi connectivity index (χ1n) is 5.40. The highest BCUT2D eigenvalue weighted by molar-refractivity contribution is 6.62. The van der Waals surface area contributed by atoms with Gasteiger partial charge in [0.2, 0.25) is 0 Å². The average molecular weight is 242 g/mol. The quantitative estimate of drug-likeness (QED) is 0.542. The number of halogens is 2. The Kier molecular flexibility index (Phi) is 3.44. The highest BCUT2D eigenvalue weighted by atomic mass is 35.5. The molecule has 0 radical (unpaired) electrons. The van der Waals surface area contributed by atoms with E-state index in [0.29, 0.717) is 6.54 Å². The van der Waals surface area contributed by atoms with Crippen molar-refractivity contribution in [2.45, 2.75) is 25.3 Å². The summed E-state index contributed by atoms with van der Waals surface area (Å²) < 4.78 is 12.8. The summed E-state index contributed by atoms with van der Waals surface area (Å²) in [6.45, 7) is 0.685. The van der Waals surface area contributed by atoms with Gasteiger partial charge in [0.05, 0.1) is 6.04 Å². The van der Waals surface area contributed by atoms with Crippen molar-refractivity contribution in [1.82, 2.24) is 4.90 Å². The molecule has 4 heteroatoms. The van der Waals surface area contributed by atoms with E-state index >= 15 is 0 Å². The summed E-state index contributed by atoms with van der Waals surface area (Å²) in [6.07, 6.45) is 2.95. The van der Waals surface area contributed by atoms with Crippen molar-refractivity contribution < 1.29 is 9.18 Å². The second-order valence-electron chi connectivity index (χ2n) is 4.01. The van der Waals surface area contributed by atoms with E-state index in [-0.39, 0.29) is 11.9 Å². The molecular weight excluding hydrogens is 229 g/mol. The van der Waals surface area contributed by atoms with Crippen LogP contribution in [0.3, 0.4) is 0 Å². The topological polar surface area (TPSA) is 20.3 Å². The molecule has 1 saturated heterocycles. The van der Waals surface area contributed by atoms with Crippen LogP contribution < -0.4 is 0 Å². The zero-order chi connectivity index (χ0) is 11.5. The van der Waals surface area contributed by atoms with Crippen LogP contribution in [0, 0.1) is 5.82 Å². The fourth-order valence-corrected chi connectivity index (χ4v) is 2.38. The standard InChI is InChI=1S/C12H13ClFNO/c13-12(16)15-8-2-1-3-11(15)9-4-6-10(14)7-5-9/h4-7,11H,1-3,8H2. The SMILES string of the molecule is O=C(Cl)N1CCCCC1c1ccc(F)cc1. The van der Waals surface area contributed by atoms with Gasteiger partial charge in [-0.05, 0) is 48.6 Å². The Morgan fingerprint density at radius 2 is 2.00 bits per heavy atom. The lowest BCUT2D eigenvalue weighted by Gasteiger charge is -2.34. The van der Waals surface area contributed by atoms with Crippen molar-refractivity contribution in [2.75, 3.05) is 6.54 Å². The third-order valence-electron chi connectivity index (χ3n) is 2.98. The molecule has 1 aliphatic rings. The number of amides is 1. The van der Waals surface area contributed by atoms with Crippen LogP contribution in [0.5, 0.6) is 0 Å². The minimum atomic E-state index is -0.422. The normalized spacial score (nSPS) is 20.9. The summed E-state index contributed by atoms with van der Waals surface area (Å²) in [6, 6.07) is 6.28. The number of hydrogen-bond acceptors (Lipinski definition) is 1. The van der Waals surface area contributed by atoms with Gasteiger partial charge < -0.3 is 4.90 Å². The Bertz CT molecular complexity index is 379. The van der Waals surface area contributed by atoms with Gasteiger partial charge in [-0.2, -0.15) is 0 Å². The number of rotatable bonds is 1. The van der Waals surface area contributed by atoms with E-state index < -0.39 is 5.37 Å². The fourth-order valence-electron chi connectivity index (χ4n) is 2.17. The number of likely N-dealkylation sites (tertiary alicyclic amines) is 1. The maximum atomic E-state index is 12.8. The van der Waals surface area contributed by atoms with E-state index in [2.05, 4.69) is 0 Å². The third kappa shape index (κ3) is 2.35. The second kappa shape index (κ2) is 4.83. The Morgan fingerprint density at radius 3 is 2.62 bits per heavy atom. The van der Waals surface area contributed by atoms with E-state index in [1.54, 1.807) is 17.0 Å². The van der Waals surface area contributed by atoms with Crippen LogP contribution in [0.15, 0.2) is 24.3 Å². The molecule has 1 amide bonds. The lowest BCUT2D eigenvalue weighted by Crippen LogP contribution is -2.35. The van der Waals surface area contributed by atoms with Crippen LogP contribution in [0.4, 0.5) is 9.18 Å². The van der Waals surface area contributed by atoms with Crippen molar-refractivity contribution in [1.29, 1.82) is 0 Å². The molecule has 1 atom stereocenters. The van der Waals surface area contributed by atoms with Gasteiger partial charge in [0, 0.05) is 6.54 Å².